The molecule has 10 heavy (non-hydrogen) atoms. The first kappa shape index (κ1) is 8.10. The lowest BCUT2D eigenvalue weighted by atomic mass is 9.60. The molecule has 0 N–H and O–H groups in total. The van der Waals surface area contributed by atoms with Crippen molar-refractivity contribution in [2.24, 2.45) is 10.8 Å². The van der Waals surface area contributed by atoms with Crippen molar-refractivity contribution in [3.05, 3.63) is 0 Å². The standard InChI is InChI=1S/C10H20/c1-9(2)7-5-6-8-10(9,3)4/h5-8H2,1-4H3. The average molecular weight is 140 g/mol. The van der Waals surface area contributed by atoms with Crippen molar-refractivity contribution in [2.45, 2.75) is 53.4 Å². The molecule has 1 aliphatic rings. The molecule has 0 aliphatic heterocycles. The highest BCUT2D eigenvalue weighted by atomic mass is 14.4. The maximum absolute atomic E-state index is 2.41. The molecule has 0 saturated heterocycles. The Hall–Kier alpha value is 0. The molecule has 1 saturated carbocycles. The molecule has 0 radical (unpaired) electrons. The predicted octanol–water partition coefficient (Wildman–Crippen LogP) is 3.61. The Morgan fingerprint density at radius 2 is 1.00 bits per heavy atom. The largest absolute Gasteiger partial charge is 0.0594 e. The molecule has 60 valence electrons. The van der Waals surface area contributed by atoms with Gasteiger partial charge in [-0.1, -0.05) is 40.5 Å². The van der Waals surface area contributed by atoms with Crippen molar-refractivity contribution in [2.75, 3.05) is 0 Å². The smallest absolute Gasteiger partial charge is 0.0303 e. The fraction of sp³-hybridized carbons (Fsp3) is 1.00. The van der Waals surface area contributed by atoms with Crippen LogP contribution in [0.15, 0.2) is 0 Å². The molecule has 0 aromatic carbocycles. The van der Waals surface area contributed by atoms with E-state index < -0.39 is 0 Å². The van der Waals surface area contributed by atoms with Crippen LogP contribution in [0.3, 0.4) is 0 Å². The number of rotatable bonds is 0. The van der Waals surface area contributed by atoms with Gasteiger partial charge in [0, 0.05) is 0 Å². The van der Waals surface area contributed by atoms with Gasteiger partial charge < -0.3 is 0 Å². The first-order valence-corrected chi connectivity index (χ1v) is 4.46. The summed E-state index contributed by atoms with van der Waals surface area (Å²) >= 11 is 0. The third-order valence-corrected chi connectivity index (χ3v) is 3.69. The number of hydrogen-bond donors (Lipinski definition) is 0. The minimum Gasteiger partial charge on any atom is -0.0594 e. The highest BCUT2D eigenvalue weighted by Gasteiger charge is 2.38. The van der Waals surface area contributed by atoms with Gasteiger partial charge in [-0.2, -0.15) is 0 Å². The Morgan fingerprint density at radius 3 is 1.20 bits per heavy atom. The van der Waals surface area contributed by atoms with Gasteiger partial charge in [-0.05, 0) is 23.7 Å². The summed E-state index contributed by atoms with van der Waals surface area (Å²) < 4.78 is 0. The molecule has 1 rings (SSSR count). The Balaban J connectivity index is 2.70. The van der Waals surface area contributed by atoms with Gasteiger partial charge >= 0.3 is 0 Å². The molecule has 0 aromatic rings. The zero-order chi connectivity index (χ0) is 7.83. The van der Waals surface area contributed by atoms with E-state index in [1.807, 2.05) is 0 Å². The van der Waals surface area contributed by atoms with E-state index in [9.17, 15) is 0 Å². The topological polar surface area (TPSA) is 0 Å². The molecule has 0 unspecified atom stereocenters. The van der Waals surface area contributed by atoms with E-state index in [1.165, 1.54) is 25.7 Å². The van der Waals surface area contributed by atoms with E-state index in [-0.39, 0.29) is 0 Å². The van der Waals surface area contributed by atoms with Gasteiger partial charge in [0.15, 0.2) is 0 Å². The van der Waals surface area contributed by atoms with E-state index in [0.29, 0.717) is 10.8 Å². The van der Waals surface area contributed by atoms with Gasteiger partial charge in [-0.3, -0.25) is 0 Å². The molecule has 0 heterocycles. The lowest BCUT2D eigenvalue weighted by molar-refractivity contribution is 0.0520. The van der Waals surface area contributed by atoms with Gasteiger partial charge in [0.1, 0.15) is 0 Å². The van der Waals surface area contributed by atoms with Gasteiger partial charge in [0.2, 0.25) is 0 Å². The van der Waals surface area contributed by atoms with Crippen LogP contribution in [0.2, 0.25) is 0 Å². The maximum atomic E-state index is 2.41. The van der Waals surface area contributed by atoms with Crippen LogP contribution in [0.4, 0.5) is 0 Å². The quantitative estimate of drug-likeness (QED) is 0.482. The second-order valence-electron chi connectivity index (χ2n) is 4.97. The molecule has 0 spiro atoms. The summed E-state index contributed by atoms with van der Waals surface area (Å²) in [6.07, 6.45) is 5.72. The van der Waals surface area contributed by atoms with Crippen LogP contribution in [-0.4, -0.2) is 0 Å². The van der Waals surface area contributed by atoms with Crippen molar-refractivity contribution in [1.82, 2.24) is 0 Å². The van der Waals surface area contributed by atoms with Gasteiger partial charge in [0.25, 0.3) is 0 Å². The van der Waals surface area contributed by atoms with Crippen molar-refractivity contribution >= 4 is 0 Å². The van der Waals surface area contributed by atoms with Crippen LogP contribution in [-0.2, 0) is 0 Å². The Morgan fingerprint density at radius 1 is 0.700 bits per heavy atom. The summed E-state index contributed by atoms with van der Waals surface area (Å²) in [5.74, 6) is 0. The summed E-state index contributed by atoms with van der Waals surface area (Å²) in [5, 5.41) is 0. The Kier molecular flexibility index (Phi) is 1.82. The summed E-state index contributed by atoms with van der Waals surface area (Å²) in [7, 11) is 0. The lowest BCUT2D eigenvalue weighted by Gasteiger charge is -2.45. The fourth-order valence-corrected chi connectivity index (χ4v) is 1.81. The highest BCUT2D eigenvalue weighted by molar-refractivity contribution is 4.89. The summed E-state index contributed by atoms with van der Waals surface area (Å²) in [5.41, 5.74) is 1.15. The summed E-state index contributed by atoms with van der Waals surface area (Å²) in [6.45, 7) is 9.64. The highest BCUT2D eigenvalue weighted by Crippen LogP contribution is 2.49. The van der Waals surface area contributed by atoms with Crippen LogP contribution < -0.4 is 0 Å². The van der Waals surface area contributed by atoms with Crippen molar-refractivity contribution in [1.29, 1.82) is 0 Å². The molecule has 0 bridgehead atoms. The lowest BCUT2D eigenvalue weighted by Crippen LogP contribution is -2.35. The molecule has 0 atom stereocenters. The van der Waals surface area contributed by atoms with Crippen LogP contribution in [0.25, 0.3) is 0 Å². The minimum absolute atomic E-state index is 0.575. The average Bonchev–Trinajstić information content (AvgIpc) is 1.77. The monoisotopic (exact) mass is 140 g/mol. The number of hydrogen-bond acceptors (Lipinski definition) is 0. The summed E-state index contributed by atoms with van der Waals surface area (Å²) in [4.78, 5) is 0. The predicted molar refractivity (Wildman–Crippen MR) is 46.0 cm³/mol. The third kappa shape index (κ3) is 1.21. The van der Waals surface area contributed by atoms with Crippen LogP contribution >= 0.6 is 0 Å². The van der Waals surface area contributed by atoms with Crippen LogP contribution in [0, 0.1) is 10.8 Å². The minimum atomic E-state index is 0.575. The second-order valence-corrected chi connectivity index (χ2v) is 4.97. The van der Waals surface area contributed by atoms with Crippen molar-refractivity contribution < 1.29 is 0 Å². The molecular formula is C10H20. The van der Waals surface area contributed by atoms with E-state index in [4.69, 9.17) is 0 Å². The molecule has 1 fully saturated rings. The summed E-state index contributed by atoms with van der Waals surface area (Å²) in [6, 6.07) is 0. The Labute approximate surface area is 65.0 Å². The van der Waals surface area contributed by atoms with Crippen LogP contribution in [0.1, 0.15) is 53.4 Å². The third-order valence-electron chi connectivity index (χ3n) is 3.69. The fourth-order valence-electron chi connectivity index (χ4n) is 1.81. The van der Waals surface area contributed by atoms with Gasteiger partial charge in [0.05, 0.1) is 0 Å². The normalized spacial score (nSPS) is 30.0. The van der Waals surface area contributed by atoms with Crippen molar-refractivity contribution in [3.8, 4) is 0 Å². The second kappa shape index (κ2) is 2.25. The SMILES string of the molecule is CC1(C)CCCCC1(C)C. The molecule has 1 aliphatic carbocycles. The Bertz CT molecular complexity index is 104. The van der Waals surface area contributed by atoms with E-state index in [1.54, 1.807) is 0 Å². The zero-order valence-corrected chi connectivity index (χ0v) is 7.83. The molecule has 0 aromatic heterocycles. The molecule has 0 nitrogen and oxygen atoms in total. The molecule has 0 heteroatoms. The van der Waals surface area contributed by atoms with E-state index in [2.05, 4.69) is 27.7 Å². The zero-order valence-electron chi connectivity index (χ0n) is 7.83. The molecular weight excluding hydrogens is 120 g/mol. The first-order chi connectivity index (χ1) is 4.46. The maximum Gasteiger partial charge on any atom is -0.0303 e. The van der Waals surface area contributed by atoms with Crippen molar-refractivity contribution in [3.63, 3.8) is 0 Å². The van der Waals surface area contributed by atoms with E-state index in [0.717, 1.165) is 0 Å². The van der Waals surface area contributed by atoms with Gasteiger partial charge in [-0.15, -0.1) is 0 Å². The van der Waals surface area contributed by atoms with Gasteiger partial charge in [-0.25, -0.2) is 0 Å². The van der Waals surface area contributed by atoms with E-state index >= 15 is 0 Å². The van der Waals surface area contributed by atoms with Crippen LogP contribution in [0.5, 0.6) is 0 Å². The first-order valence-electron chi connectivity index (χ1n) is 4.46. The molecule has 0 amide bonds.